The fourth-order valence-electron chi connectivity index (χ4n) is 1.99. The van der Waals surface area contributed by atoms with Crippen LogP contribution in [-0.4, -0.2) is 4.98 Å². The highest BCUT2D eigenvalue weighted by Crippen LogP contribution is 2.25. The van der Waals surface area contributed by atoms with Crippen LogP contribution in [0.15, 0.2) is 18.2 Å². The molecule has 1 aromatic carbocycles. The summed E-state index contributed by atoms with van der Waals surface area (Å²) in [6.07, 6.45) is 1.87. The van der Waals surface area contributed by atoms with Crippen molar-refractivity contribution in [1.82, 2.24) is 4.98 Å². The predicted molar refractivity (Wildman–Crippen MR) is 68.2 cm³/mol. The first-order valence-electron chi connectivity index (χ1n) is 5.72. The summed E-state index contributed by atoms with van der Waals surface area (Å²) in [6.45, 7) is 4.04. The number of nitrogens with two attached hydrogens (primary N) is 1. The molecule has 0 atom stereocenters. The number of pyridine rings is 1. The number of nitrogens with zero attached hydrogens (tertiary/aromatic N) is 1. The number of nitrogen functional groups attached to an aromatic ring is 1. The maximum absolute atomic E-state index is 13.7. The van der Waals surface area contributed by atoms with E-state index in [2.05, 4.69) is 17.3 Å². The van der Waals surface area contributed by atoms with Gasteiger partial charge >= 0.3 is 0 Å². The topological polar surface area (TPSA) is 50.9 Å². The van der Waals surface area contributed by atoms with Gasteiger partial charge in [0, 0.05) is 5.39 Å². The lowest BCUT2D eigenvalue weighted by atomic mass is 10.0. The van der Waals surface area contributed by atoms with Crippen molar-refractivity contribution in [3.05, 3.63) is 35.1 Å². The summed E-state index contributed by atoms with van der Waals surface area (Å²) in [4.78, 5) is 4.26. The Balaban J connectivity index is 2.73. The number of halogens is 1. The molecule has 0 aliphatic carbocycles. The van der Waals surface area contributed by atoms with Gasteiger partial charge in [0.2, 0.25) is 0 Å². The molecule has 2 aromatic rings. The van der Waals surface area contributed by atoms with Gasteiger partial charge in [0.05, 0.1) is 0 Å². The Bertz CT molecular complexity index is 552. The van der Waals surface area contributed by atoms with Crippen molar-refractivity contribution in [1.29, 1.82) is 0 Å². The predicted octanol–water partition coefficient (Wildman–Crippen LogP) is 2.92. The van der Waals surface area contributed by atoms with E-state index in [4.69, 9.17) is 5.84 Å². The maximum atomic E-state index is 13.7. The zero-order chi connectivity index (χ0) is 12.4. The van der Waals surface area contributed by atoms with E-state index in [0.717, 1.165) is 29.4 Å². The Kier molecular flexibility index (Phi) is 3.24. The molecule has 17 heavy (non-hydrogen) atoms. The molecule has 2 rings (SSSR count). The molecule has 3 N–H and O–H groups in total. The number of benzene rings is 1. The summed E-state index contributed by atoms with van der Waals surface area (Å²) in [5, 5.41) is 0.854. The van der Waals surface area contributed by atoms with E-state index >= 15 is 0 Å². The standard InChI is InChI=1S/C13H16FN3/c1-3-4-9-7-10-8(2)5-6-11(14)12(10)16-13(9)17-15/h5-7H,3-4,15H2,1-2H3,(H,16,17). The third-order valence-electron chi connectivity index (χ3n) is 2.89. The monoisotopic (exact) mass is 233 g/mol. The highest BCUT2D eigenvalue weighted by atomic mass is 19.1. The molecule has 90 valence electrons. The first-order valence-corrected chi connectivity index (χ1v) is 5.72. The number of aromatic nitrogens is 1. The second-order valence-electron chi connectivity index (χ2n) is 4.15. The normalized spacial score (nSPS) is 10.8. The van der Waals surface area contributed by atoms with Crippen LogP contribution in [0.2, 0.25) is 0 Å². The molecule has 0 aliphatic heterocycles. The summed E-state index contributed by atoms with van der Waals surface area (Å²) < 4.78 is 13.7. The zero-order valence-electron chi connectivity index (χ0n) is 10.0. The highest BCUT2D eigenvalue weighted by Gasteiger charge is 2.10. The largest absolute Gasteiger partial charge is 0.308 e. The minimum atomic E-state index is -0.315. The maximum Gasteiger partial charge on any atom is 0.149 e. The summed E-state index contributed by atoms with van der Waals surface area (Å²) in [7, 11) is 0. The molecule has 1 heterocycles. The van der Waals surface area contributed by atoms with Gasteiger partial charge in [0.25, 0.3) is 0 Å². The number of hydrogen-bond donors (Lipinski definition) is 2. The molecule has 4 heteroatoms. The molecule has 0 spiro atoms. The van der Waals surface area contributed by atoms with Gasteiger partial charge in [-0.15, -0.1) is 0 Å². The fraction of sp³-hybridized carbons (Fsp3) is 0.308. The quantitative estimate of drug-likeness (QED) is 0.633. The summed E-state index contributed by atoms with van der Waals surface area (Å²) in [5.74, 6) is 5.67. The molecule has 0 fully saturated rings. The number of hydrazine groups is 1. The van der Waals surface area contributed by atoms with Crippen molar-refractivity contribution in [3.63, 3.8) is 0 Å². The van der Waals surface area contributed by atoms with Crippen LogP contribution in [0.3, 0.4) is 0 Å². The van der Waals surface area contributed by atoms with Crippen molar-refractivity contribution in [2.45, 2.75) is 26.7 Å². The van der Waals surface area contributed by atoms with E-state index in [1.807, 2.05) is 13.0 Å². The SMILES string of the molecule is CCCc1cc2c(C)ccc(F)c2nc1NN. The van der Waals surface area contributed by atoms with Crippen LogP contribution in [0.5, 0.6) is 0 Å². The van der Waals surface area contributed by atoms with E-state index in [-0.39, 0.29) is 5.82 Å². The van der Waals surface area contributed by atoms with Gasteiger partial charge in [-0.2, -0.15) is 0 Å². The van der Waals surface area contributed by atoms with E-state index in [9.17, 15) is 4.39 Å². The van der Waals surface area contributed by atoms with Crippen LogP contribution in [0.25, 0.3) is 10.9 Å². The Morgan fingerprint density at radius 2 is 2.18 bits per heavy atom. The summed E-state index contributed by atoms with van der Waals surface area (Å²) in [6, 6.07) is 5.18. The lowest BCUT2D eigenvalue weighted by Gasteiger charge is -2.11. The van der Waals surface area contributed by atoms with Crippen molar-refractivity contribution in [3.8, 4) is 0 Å². The second kappa shape index (κ2) is 4.67. The molecule has 0 saturated carbocycles. The van der Waals surface area contributed by atoms with E-state index in [0.29, 0.717) is 11.3 Å². The zero-order valence-corrected chi connectivity index (χ0v) is 10.0. The molecule has 0 radical (unpaired) electrons. The molecule has 1 aromatic heterocycles. The smallest absolute Gasteiger partial charge is 0.149 e. The summed E-state index contributed by atoms with van der Waals surface area (Å²) >= 11 is 0. The van der Waals surface area contributed by atoms with E-state index in [1.54, 1.807) is 6.07 Å². The lowest BCUT2D eigenvalue weighted by Crippen LogP contribution is -2.11. The number of aryl methyl sites for hydroxylation is 2. The van der Waals surface area contributed by atoms with Crippen molar-refractivity contribution in [2.24, 2.45) is 5.84 Å². The van der Waals surface area contributed by atoms with Gasteiger partial charge in [-0.1, -0.05) is 19.4 Å². The average molecular weight is 233 g/mol. The number of nitrogens with one attached hydrogen (secondary N) is 1. The Morgan fingerprint density at radius 3 is 2.82 bits per heavy atom. The second-order valence-corrected chi connectivity index (χ2v) is 4.15. The molecular weight excluding hydrogens is 217 g/mol. The molecule has 0 saturated heterocycles. The third kappa shape index (κ3) is 2.08. The van der Waals surface area contributed by atoms with Gasteiger partial charge in [-0.3, -0.25) is 0 Å². The van der Waals surface area contributed by atoms with Crippen molar-refractivity contribution < 1.29 is 4.39 Å². The molecule has 0 unspecified atom stereocenters. The number of rotatable bonds is 3. The third-order valence-corrected chi connectivity index (χ3v) is 2.89. The fourth-order valence-corrected chi connectivity index (χ4v) is 1.99. The minimum Gasteiger partial charge on any atom is -0.308 e. The van der Waals surface area contributed by atoms with Crippen LogP contribution in [0.4, 0.5) is 10.2 Å². The summed E-state index contributed by atoms with van der Waals surface area (Å²) in [5.41, 5.74) is 4.96. The van der Waals surface area contributed by atoms with Gasteiger partial charge in [0.15, 0.2) is 0 Å². The van der Waals surface area contributed by atoms with E-state index in [1.165, 1.54) is 6.07 Å². The molecule has 0 aliphatic rings. The number of anilines is 1. The van der Waals surface area contributed by atoms with Crippen molar-refractivity contribution >= 4 is 16.7 Å². The Labute approximate surface area is 99.8 Å². The van der Waals surface area contributed by atoms with Crippen molar-refractivity contribution in [2.75, 3.05) is 5.43 Å². The van der Waals surface area contributed by atoms with Gasteiger partial charge in [-0.25, -0.2) is 15.2 Å². The van der Waals surface area contributed by atoms with Crippen LogP contribution >= 0.6 is 0 Å². The molecule has 0 bridgehead atoms. The first kappa shape index (κ1) is 11.8. The van der Waals surface area contributed by atoms with Gasteiger partial charge < -0.3 is 5.43 Å². The van der Waals surface area contributed by atoms with Crippen LogP contribution in [0.1, 0.15) is 24.5 Å². The van der Waals surface area contributed by atoms with Crippen LogP contribution < -0.4 is 11.3 Å². The molecule has 3 nitrogen and oxygen atoms in total. The highest BCUT2D eigenvalue weighted by molar-refractivity contribution is 5.85. The number of hydrogen-bond acceptors (Lipinski definition) is 3. The van der Waals surface area contributed by atoms with Crippen LogP contribution in [0, 0.1) is 12.7 Å². The number of fused-ring (bicyclic) bond motifs is 1. The lowest BCUT2D eigenvalue weighted by molar-refractivity contribution is 0.636. The van der Waals surface area contributed by atoms with E-state index < -0.39 is 0 Å². The minimum absolute atomic E-state index is 0.315. The Morgan fingerprint density at radius 1 is 1.41 bits per heavy atom. The Hall–Kier alpha value is -1.68. The van der Waals surface area contributed by atoms with Gasteiger partial charge in [0.1, 0.15) is 17.2 Å². The average Bonchev–Trinajstić information content (AvgIpc) is 2.34. The molecule has 0 amide bonds. The van der Waals surface area contributed by atoms with Crippen LogP contribution in [-0.2, 0) is 6.42 Å². The molecular formula is C13H16FN3. The first-order chi connectivity index (χ1) is 8.17. The van der Waals surface area contributed by atoms with Gasteiger partial charge in [-0.05, 0) is 36.6 Å².